The maximum Gasteiger partial charge on any atom is 0.328 e. The lowest BCUT2D eigenvalue weighted by molar-refractivity contribution is -0.112. The fourth-order valence-electron chi connectivity index (χ4n) is 3.07. The molecule has 3 aromatic rings. The molecular formula is C21H20N4O2. The number of hydrogen-bond donors (Lipinski definition) is 1. The summed E-state index contributed by atoms with van der Waals surface area (Å²) in [6.45, 7) is 3.88. The Labute approximate surface area is 157 Å². The molecule has 1 aromatic heterocycles. The van der Waals surface area contributed by atoms with Gasteiger partial charge in [-0.3, -0.25) is 13.9 Å². The van der Waals surface area contributed by atoms with Crippen LogP contribution in [0.2, 0.25) is 0 Å². The highest BCUT2D eigenvalue weighted by atomic mass is 16.2. The first-order valence-corrected chi connectivity index (χ1v) is 8.47. The number of fused-ring (bicyclic) bond motifs is 1. The lowest BCUT2D eigenvalue weighted by Gasteiger charge is -2.08. The summed E-state index contributed by atoms with van der Waals surface area (Å²) in [7, 11) is 3.40. The number of nitriles is 1. The van der Waals surface area contributed by atoms with Gasteiger partial charge in [0, 0.05) is 19.8 Å². The summed E-state index contributed by atoms with van der Waals surface area (Å²) < 4.78 is 3.09. The molecule has 1 heterocycles. The molecule has 0 aliphatic heterocycles. The average molecular weight is 360 g/mol. The van der Waals surface area contributed by atoms with Crippen molar-refractivity contribution in [2.45, 2.75) is 13.8 Å². The van der Waals surface area contributed by atoms with Gasteiger partial charge in [0.25, 0.3) is 5.91 Å². The van der Waals surface area contributed by atoms with Crippen LogP contribution in [0.5, 0.6) is 0 Å². The Bertz CT molecular complexity index is 1190. The molecule has 0 radical (unpaired) electrons. The highest BCUT2D eigenvalue weighted by molar-refractivity contribution is 6.10. The van der Waals surface area contributed by atoms with E-state index in [0.717, 1.165) is 22.2 Å². The molecule has 6 heteroatoms. The molecule has 0 spiro atoms. The van der Waals surface area contributed by atoms with E-state index >= 15 is 0 Å². The van der Waals surface area contributed by atoms with Crippen LogP contribution in [-0.4, -0.2) is 15.0 Å². The van der Waals surface area contributed by atoms with Crippen LogP contribution in [-0.2, 0) is 18.9 Å². The third-order valence-corrected chi connectivity index (χ3v) is 4.60. The second-order valence-electron chi connectivity index (χ2n) is 6.59. The molecule has 136 valence electrons. The fourth-order valence-corrected chi connectivity index (χ4v) is 3.07. The molecule has 3 rings (SSSR count). The largest absolute Gasteiger partial charge is 0.328 e. The first-order valence-electron chi connectivity index (χ1n) is 8.47. The molecule has 0 saturated heterocycles. The summed E-state index contributed by atoms with van der Waals surface area (Å²) in [5.41, 5.74) is 4.78. The molecule has 0 bridgehead atoms. The molecule has 2 aromatic carbocycles. The van der Waals surface area contributed by atoms with E-state index in [4.69, 9.17) is 0 Å². The van der Waals surface area contributed by atoms with Crippen LogP contribution in [0.15, 0.2) is 46.8 Å². The Morgan fingerprint density at radius 1 is 1.07 bits per heavy atom. The Kier molecular flexibility index (Phi) is 4.70. The molecule has 0 saturated carbocycles. The van der Waals surface area contributed by atoms with Gasteiger partial charge in [-0.05, 0) is 49.2 Å². The zero-order chi connectivity index (χ0) is 19.7. The molecular weight excluding hydrogens is 340 g/mol. The number of amides is 1. The predicted molar refractivity (Wildman–Crippen MR) is 106 cm³/mol. The molecule has 0 aliphatic rings. The number of aryl methyl sites for hydroxylation is 4. The SMILES string of the molecule is Cc1ccc(NC(=O)C(C#N)=Cc2ccc3c(c2)n(C)c(=O)n3C)c(C)c1. The first-order chi connectivity index (χ1) is 12.8. The minimum Gasteiger partial charge on any atom is -0.321 e. The van der Waals surface area contributed by atoms with Crippen LogP contribution in [0.1, 0.15) is 16.7 Å². The van der Waals surface area contributed by atoms with Gasteiger partial charge in [0.05, 0.1) is 11.0 Å². The van der Waals surface area contributed by atoms with Gasteiger partial charge in [-0.1, -0.05) is 23.8 Å². The van der Waals surface area contributed by atoms with Crippen molar-refractivity contribution >= 4 is 28.7 Å². The number of nitrogens with zero attached hydrogens (tertiary/aromatic N) is 3. The number of hydrogen-bond acceptors (Lipinski definition) is 3. The Balaban J connectivity index is 1.95. The number of imidazole rings is 1. The first kappa shape index (κ1) is 18.2. The summed E-state index contributed by atoms with van der Waals surface area (Å²) in [5.74, 6) is -0.466. The van der Waals surface area contributed by atoms with Crippen LogP contribution in [0, 0.1) is 25.2 Å². The zero-order valence-corrected chi connectivity index (χ0v) is 15.7. The maximum absolute atomic E-state index is 12.5. The van der Waals surface area contributed by atoms with Crippen molar-refractivity contribution in [2.24, 2.45) is 14.1 Å². The smallest absolute Gasteiger partial charge is 0.321 e. The van der Waals surface area contributed by atoms with Crippen LogP contribution >= 0.6 is 0 Å². The topological polar surface area (TPSA) is 79.8 Å². The van der Waals surface area contributed by atoms with Crippen molar-refractivity contribution in [3.8, 4) is 6.07 Å². The molecule has 27 heavy (non-hydrogen) atoms. The number of rotatable bonds is 3. The quantitative estimate of drug-likeness (QED) is 0.576. The second kappa shape index (κ2) is 6.96. The van der Waals surface area contributed by atoms with Gasteiger partial charge in [0.1, 0.15) is 11.6 Å². The predicted octanol–water partition coefficient (Wildman–Crippen LogP) is 3.04. The number of benzene rings is 2. The molecule has 1 amide bonds. The Hall–Kier alpha value is -3.59. The number of aromatic nitrogens is 2. The molecule has 0 unspecified atom stereocenters. The van der Waals surface area contributed by atoms with Crippen molar-refractivity contribution in [3.63, 3.8) is 0 Å². The monoisotopic (exact) mass is 360 g/mol. The van der Waals surface area contributed by atoms with Crippen molar-refractivity contribution in [2.75, 3.05) is 5.32 Å². The fraction of sp³-hybridized carbons (Fsp3) is 0.190. The van der Waals surface area contributed by atoms with Gasteiger partial charge in [0.15, 0.2) is 0 Å². The summed E-state index contributed by atoms with van der Waals surface area (Å²) in [6.07, 6.45) is 1.52. The summed E-state index contributed by atoms with van der Waals surface area (Å²) in [6, 6.07) is 13.0. The number of anilines is 1. The second-order valence-corrected chi connectivity index (χ2v) is 6.59. The van der Waals surface area contributed by atoms with Crippen molar-refractivity contribution < 1.29 is 4.79 Å². The molecule has 1 N–H and O–H groups in total. The molecule has 6 nitrogen and oxygen atoms in total. The lowest BCUT2D eigenvalue weighted by Crippen LogP contribution is -2.19. The molecule has 0 fully saturated rings. The highest BCUT2D eigenvalue weighted by Crippen LogP contribution is 2.19. The van der Waals surface area contributed by atoms with Crippen LogP contribution in [0.25, 0.3) is 17.1 Å². The normalized spacial score (nSPS) is 11.4. The number of nitrogens with one attached hydrogen (secondary N) is 1. The van der Waals surface area contributed by atoms with E-state index in [0.29, 0.717) is 11.3 Å². The van der Waals surface area contributed by atoms with E-state index in [1.54, 1.807) is 36.9 Å². The Morgan fingerprint density at radius 2 is 1.78 bits per heavy atom. The maximum atomic E-state index is 12.5. The van der Waals surface area contributed by atoms with Crippen LogP contribution < -0.4 is 11.0 Å². The van der Waals surface area contributed by atoms with Gasteiger partial charge in [-0.25, -0.2) is 4.79 Å². The van der Waals surface area contributed by atoms with E-state index in [-0.39, 0.29) is 11.3 Å². The molecule has 0 aliphatic carbocycles. The highest BCUT2D eigenvalue weighted by Gasteiger charge is 2.12. The number of carbonyl (C=O) groups excluding carboxylic acids is 1. The minimum atomic E-state index is -0.466. The van der Waals surface area contributed by atoms with E-state index in [1.807, 2.05) is 38.1 Å². The van der Waals surface area contributed by atoms with E-state index < -0.39 is 5.91 Å². The van der Waals surface area contributed by atoms with Crippen molar-refractivity contribution in [1.82, 2.24) is 9.13 Å². The van der Waals surface area contributed by atoms with Crippen LogP contribution in [0.3, 0.4) is 0 Å². The van der Waals surface area contributed by atoms with Gasteiger partial charge in [-0.15, -0.1) is 0 Å². The third-order valence-electron chi connectivity index (χ3n) is 4.60. The van der Waals surface area contributed by atoms with Gasteiger partial charge < -0.3 is 5.32 Å². The van der Waals surface area contributed by atoms with Crippen molar-refractivity contribution in [1.29, 1.82) is 5.26 Å². The molecule has 0 atom stereocenters. The van der Waals surface area contributed by atoms with E-state index in [1.165, 1.54) is 10.6 Å². The standard InChI is InChI=1S/C21H20N4O2/c1-13-5-7-17(14(2)9-13)23-20(26)16(12-22)10-15-6-8-18-19(11-15)25(4)21(27)24(18)3/h5-11H,1-4H3,(H,23,26). The van der Waals surface area contributed by atoms with E-state index in [2.05, 4.69) is 5.32 Å². The van der Waals surface area contributed by atoms with Crippen LogP contribution in [0.4, 0.5) is 5.69 Å². The summed E-state index contributed by atoms with van der Waals surface area (Å²) in [4.78, 5) is 24.6. The average Bonchev–Trinajstić information content (AvgIpc) is 2.86. The van der Waals surface area contributed by atoms with E-state index in [9.17, 15) is 14.9 Å². The van der Waals surface area contributed by atoms with Gasteiger partial charge >= 0.3 is 5.69 Å². The third kappa shape index (κ3) is 3.40. The minimum absolute atomic E-state index is 0.00439. The Morgan fingerprint density at radius 3 is 2.44 bits per heavy atom. The summed E-state index contributed by atoms with van der Waals surface area (Å²) >= 11 is 0. The van der Waals surface area contributed by atoms with Crippen molar-refractivity contribution in [3.05, 3.63) is 69.1 Å². The van der Waals surface area contributed by atoms with Gasteiger partial charge in [0.2, 0.25) is 0 Å². The zero-order valence-electron chi connectivity index (χ0n) is 15.7. The lowest BCUT2D eigenvalue weighted by atomic mass is 10.1. The summed E-state index contributed by atoms with van der Waals surface area (Å²) in [5, 5.41) is 12.2. The van der Waals surface area contributed by atoms with Gasteiger partial charge in [-0.2, -0.15) is 5.26 Å². The number of carbonyl (C=O) groups is 1.